The third kappa shape index (κ3) is 5.14. The summed E-state index contributed by atoms with van der Waals surface area (Å²) in [6.45, 7) is 4.42. The molecule has 1 aromatic carbocycles. The number of hydrogen-bond acceptors (Lipinski definition) is 9. The van der Waals surface area contributed by atoms with Gasteiger partial charge in [0.1, 0.15) is 0 Å². The summed E-state index contributed by atoms with van der Waals surface area (Å²) in [5, 5.41) is 9.79. The number of benzene rings is 1. The maximum Gasteiger partial charge on any atom is 0.268 e. The molecule has 0 bridgehead atoms. The van der Waals surface area contributed by atoms with E-state index < -0.39 is 0 Å². The van der Waals surface area contributed by atoms with E-state index in [0.717, 1.165) is 35.3 Å². The highest BCUT2D eigenvalue weighted by Crippen LogP contribution is 2.35. The fourth-order valence-electron chi connectivity index (χ4n) is 5.88. The van der Waals surface area contributed by atoms with Crippen LogP contribution >= 0.6 is 11.3 Å². The predicted octanol–water partition coefficient (Wildman–Crippen LogP) is 5.67. The van der Waals surface area contributed by atoms with Gasteiger partial charge in [-0.25, -0.2) is 14.5 Å². The van der Waals surface area contributed by atoms with Gasteiger partial charge in [-0.2, -0.15) is 4.98 Å². The molecule has 1 atom stereocenters. The summed E-state index contributed by atoms with van der Waals surface area (Å²) < 4.78 is 7.43. The maximum absolute atomic E-state index is 14.0. The van der Waals surface area contributed by atoms with Crippen LogP contribution in [-0.2, 0) is 4.74 Å². The number of aryl methyl sites for hydroxylation is 1. The Bertz CT molecular complexity index is 1740. The smallest absolute Gasteiger partial charge is 0.268 e. The second-order valence-electron chi connectivity index (χ2n) is 10.7. The fourth-order valence-corrected chi connectivity index (χ4v) is 6.52. The molecule has 1 saturated heterocycles. The topological polar surface area (TPSA) is 107 Å². The van der Waals surface area contributed by atoms with E-state index >= 15 is 0 Å². The van der Waals surface area contributed by atoms with E-state index in [2.05, 4.69) is 26.7 Å². The van der Waals surface area contributed by atoms with Gasteiger partial charge >= 0.3 is 0 Å². The first-order chi connectivity index (χ1) is 20.1. The molecule has 5 aromatic rings. The number of aromatic nitrogens is 5. The number of hydrogen-bond donors (Lipinski definition) is 2. The molecule has 10 heteroatoms. The molecule has 2 aliphatic rings. The van der Waals surface area contributed by atoms with Gasteiger partial charge in [0.15, 0.2) is 10.8 Å². The summed E-state index contributed by atoms with van der Waals surface area (Å²) in [5.41, 5.74) is 5.71. The average Bonchev–Trinajstić information content (AvgIpc) is 3.74. The van der Waals surface area contributed by atoms with Crippen molar-refractivity contribution in [3.8, 4) is 16.4 Å². The quantitative estimate of drug-likeness (QED) is 0.271. The predicted molar refractivity (Wildman–Crippen MR) is 161 cm³/mol. The Labute approximate surface area is 241 Å². The van der Waals surface area contributed by atoms with Gasteiger partial charge in [-0.1, -0.05) is 31.0 Å². The van der Waals surface area contributed by atoms with Gasteiger partial charge in [-0.05, 0) is 60.6 Å². The van der Waals surface area contributed by atoms with Gasteiger partial charge in [0.2, 0.25) is 5.95 Å². The Morgan fingerprint density at radius 3 is 2.63 bits per heavy atom. The minimum atomic E-state index is -0.202. The van der Waals surface area contributed by atoms with Crippen LogP contribution in [0.25, 0.3) is 27.4 Å². The molecule has 2 N–H and O–H groups in total. The number of rotatable bonds is 6. The summed E-state index contributed by atoms with van der Waals surface area (Å²) in [7, 11) is 0. The van der Waals surface area contributed by atoms with Gasteiger partial charge in [-0.15, -0.1) is 11.3 Å². The second kappa shape index (κ2) is 11.1. The van der Waals surface area contributed by atoms with Crippen molar-refractivity contribution < 1.29 is 4.74 Å². The van der Waals surface area contributed by atoms with Crippen molar-refractivity contribution in [2.45, 2.75) is 44.6 Å². The van der Waals surface area contributed by atoms with E-state index in [9.17, 15) is 4.79 Å². The molecular formula is C31H31N7O2S. The van der Waals surface area contributed by atoms with E-state index in [4.69, 9.17) is 14.7 Å². The molecule has 1 unspecified atom stereocenters. The number of anilines is 2. The highest BCUT2D eigenvalue weighted by Gasteiger charge is 2.22. The van der Waals surface area contributed by atoms with Crippen LogP contribution in [-0.4, -0.2) is 44.2 Å². The third-order valence-electron chi connectivity index (χ3n) is 8.00. The Hall–Kier alpha value is -3.99. The molecule has 41 heavy (non-hydrogen) atoms. The number of nitrogens with one attached hydrogen (secondary N) is 2. The van der Waals surface area contributed by atoms with Crippen LogP contribution < -0.4 is 16.2 Å². The zero-order valence-corrected chi connectivity index (χ0v) is 23.7. The second-order valence-corrected chi connectivity index (χ2v) is 11.6. The maximum atomic E-state index is 14.0. The minimum absolute atomic E-state index is 0.0497. The normalized spacial score (nSPS) is 17.7. The lowest BCUT2D eigenvalue weighted by Gasteiger charge is -2.24. The van der Waals surface area contributed by atoms with Gasteiger partial charge in [0.25, 0.3) is 5.56 Å². The largest absolute Gasteiger partial charge is 0.371 e. The third-order valence-corrected chi connectivity index (χ3v) is 8.76. The summed E-state index contributed by atoms with van der Waals surface area (Å²) in [4.78, 5) is 32.6. The molecule has 1 saturated carbocycles. The molecule has 1 aliphatic heterocycles. The lowest BCUT2D eigenvalue weighted by atomic mass is 9.96. The number of fused-ring (bicyclic) bond motifs is 1. The highest BCUT2D eigenvalue weighted by molar-refractivity contribution is 7.12. The highest BCUT2D eigenvalue weighted by atomic mass is 32.1. The zero-order valence-electron chi connectivity index (χ0n) is 22.8. The number of pyridine rings is 2. The lowest BCUT2D eigenvalue weighted by molar-refractivity contribution is 0.0277. The van der Waals surface area contributed by atoms with Gasteiger partial charge in [0.05, 0.1) is 24.0 Å². The van der Waals surface area contributed by atoms with E-state index in [0.29, 0.717) is 40.5 Å². The SMILES string of the molecule is Cc1cc(C2CCCC2)cnc1-c1cc2cnc(Nc3ccc(C4CNCCO4)cc3)nc2n(-c2nccs2)c1=O. The first-order valence-electron chi connectivity index (χ1n) is 14.1. The molecule has 2 fully saturated rings. The monoisotopic (exact) mass is 565 g/mol. The van der Waals surface area contributed by atoms with Crippen LogP contribution in [0.4, 0.5) is 11.6 Å². The first kappa shape index (κ1) is 25.9. The van der Waals surface area contributed by atoms with Crippen LogP contribution in [0.15, 0.2) is 65.2 Å². The molecular weight excluding hydrogens is 534 g/mol. The van der Waals surface area contributed by atoms with Crippen LogP contribution in [0.1, 0.15) is 54.4 Å². The van der Waals surface area contributed by atoms with Crippen molar-refractivity contribution in [2.24, 2.45) is 0 Å². The van der Waals surface area contributed by atoms with Crippen LogP contribution in [0.3, 0.4) is 0 Å². The zero-order chi connectivity index (χ0) is 27.8. The molecule has 208 valence electrons. The van der Waals surface area contributed by atoms with Crippen molar-refractivity contribution in [1.82, 2.24) is 29.8 Å². The van der Waals surface area contributed by atoms with Gasteiger partial charge in [0, 0.05) is 48.1 Å². The molecule has 5 heterocycles. The van der Waals surface area contributed by atoms with Crippen LogP contribution in [0.5, 0.6) is 0 Å². The lowest BCUT2D eigenvalue weighted by Crippen LogP contribution is -2.33. The number of morpholine rings is 1. The Balaban J connectivity index is 1.25. The first-order valence-corrected chi connectivity index (χ1v) is 15.0. The van der Waals surface area contributed by atoms with Crippen molar-refractivity contribution in [3.05, 3.63) is 87.4 Å². The molecule has 9 nitrogen and oxygen atoms in total. The summed E-state index contributed by atoms with van der Waals surface area (Å²) in [5.74, 6) is 0.959. The molecule has 7 rings (SSSR count). The standard InChI is InChI=1S/C31H31N7O2S/c1-19-14-22(20-4-2-3-5-20)16-34-27(19)25-15-23-17-35-30(37-28(23)38(29(25)39)31-33-11-13-41-31)36-24-8-6-21(7-9-24)26-18-32-10-12-40-26/h6-9,11,13-17,20,26,32H,2-5,10,12,18H2,1H3,(H,35,36,37). The molecule has 1 aliphatic carbocycles. The van der Waals surface area contributed by atoms with Gasteiger partial charge < -0.3 is 15.4 Å². The van der Waals surface area contributed by atoms with Crippen molar-refractivity contribution in [1.29, 1.82) is 0 Å². The van der Waals surface area contributed by atoms with E-state index in [-0.39, 0.29) is 11.7 Å². The average molecular weight is 566 g/mol. The molecule has 0 spiro atoms. The molecule has 0 amide bonds. The van der Waals surface area contributed by atoms with E-state index in [1.165, 1.54) is 42.6 Å². The van der Waals surface area contributed by atoms with Crippen molar-refractivity contribution >= 4 is 34.0 Å². The minimum Gasteiger partial charge on any atom is -0.371 e. The molecule has 4 aromatic heterocycles. The Kier molecular flexibility index (Phi) is 7.03. The number of ether oxygens (including phenoxy) is 1. The summed E-state index contributed by atoms with van der Waals surface area (Å²) in [6, 6.07) is 12.1. The van der Waals surface area contributed by atoms with Gasteiger partial charge in [-0.3, -0.25) is 9.78 Å². The van der Waals surface area contributed by atoms with Crippen molar-refractivity contribution in [2.75, 3.05) is 25.0 Å². The fraction of sp³-hybridized carbons (Fsp3) is 0.323. The molecule has 0 radical (unpaired) electrons. The van der Waals surface area contributed by atoms with E-state index in [1.807, 2.05) is 48.8 Å². The Morgan fingerprint density at radius 2 is 1.90 bits per heavy atom. The van der Waals surface area contributed by atoms with Crippen molar-refractivity contribution in [3.63, 3.8) is 0 Å². The number of nitrogens with zero attached hydrogens (tertiary/aromatic N) is 5. The summed E-state index contributed by atoms with van der Waals surface area (Å²) >= 11 is 1.39. The van der Waals surface area contributed by atoms with E-state index in [1.54, 1.807) is 17.0 Å². The Morgan fingerprint density at radius 1 is 1.05 bits per heavy atom. The van der Waals surface area contributed by atoms with Crippen LogP contribution in [0.2, 0.25) is 0 Å². The van der Waals surface area contributed by atoms with Crippen LogP contribution in [0, 0.1) is 6.92 Å². The number of thiazole rings is 1. The summed E-state index contributed by atoms with van der Waals surface area (Å²) in [6.07, 6.45) is 10.4.